The Morgan fingerprint density at radius 2 is 1.77 bits per heavy atom. The van der Waals surface area contributed by atoms with E-state index in [1.54, 1.807) is 54.6 Å². The standard InChI is InChI=1S/C23H19ClF3NO3/c1-20(2)21(14-28,13-18(24)23(25,26)27)22(20,19(29)30)12-15-7-6-10-17(11-15)31-16-8-4-3-5-9-16/h3-11,13H,12H2,1-2H3,(H,29,30)/p-1. The van der Waals surface area contributed by atoms with Crippen molar-refractivity contribution in [3.8, 4) is 17.6 Å². The van der Waals surface area contributed by atoms with E-state index in [-0.39, 0.29) is 6.42 Å². The first-order valence-corrected chi connectivity index (χ1v) is 9.69. The quantitative estimate of drug-likeness (QED) is 0.624. The third-order valence-corrected chi connectivity index (χ3v) is 6.47. The molecule has 1 fully saturated rings. The number of carbonyl (C=O) groups is 1. The molecular weight excluding hydrogens is 431 g/mol. The number of rotatable bonds is 6. The van der Waals surface area contributed by atoms with Crippen molar-refractivity contribution >= 4 is 17.6 Å². The minimum absolute atomic E-state index is 0.236. The molecule has 1 saturated carbocycles. The molecule has 0 bridgehead atoms. The van der Waals surface area contributed by atoms with Crippen molar-refractivity contribution in [2.45, 2.75) is 26.4 Å². The molecule has 2 atom stereocenters. The average molecular weight is 449 g/mol. The molecule has 0 amide bonds. The van der Waals surface area contributed by atoms with Crippen molar-refractivity contribution in [3.05, 3.63) is 71.3 Å². The molecule has 4 nitrogen and oxygen atoms in total. The van der Waals surface area contributed by atoms with Crippen LogP contribution in [0.1, 0.15) is 19.4 Å². The van der Waals surface area contributed by atoms with Gasteiger partial charge < -0.3 is 14.6 Å². The summed E-state index contributed by atoms with van der Waals surface area (Å²) in [4.78, 5) is 12.2. The lowest BCUT2D eigenvalue weighted by molar-refractivity contribution is -0.315. The topological polar surface area (TPSA) is 73.1 Å². The van der Waals surface area contributed by atoms with Crippen LogP contribution in [0.3, 0.4) is 0 Å². The number of para-hydroxylation sites is 1. The van der Waals surface area contributed by atoms with Crippen LogP contribution in [0.2, 0.25) is 0 Å². The number of carboxylic acid groups (broad SMARTS) is 1. The first-order chi connectivity index (χ1) is 14.4. The summed E-state index contributed by atoms with van der Waals surface area (Å²) in [6.07, 6.45) is -4.62. The zero-order valence-corrected chi connectivity index (χ0v) is 17.4. The zero-order chi connectivity index (χ0) is 23.1. The third-order valence-electron chi connectivity index (χ3n) is 6.15. The van der Waals surface area contributed by atoms with Crippen LogP contribution in [0.5, 0.6) is 11.5 Å². The molecule has 31 heavy (non-hydrogen) atoms. The van der Waals surface area contributed by atoms with Crippen molar-refractivity contribution in [1.29, 1.82) is 5.26 Å². The second-order valence-corrected chi connectivity index (χ2v) is 8.37. The van der Waals surface area contributed by atoms with Crippen LogP contribution in [-0.2, 0) is 11.2 Å². The Labute approximate surface area is 182 Å². The maximum Gasteiger partial charge on any atom is 0.426 e. The van der Waals surface area contributed by atoms with E-state index in [1.807, 2.05) is 6.07 Å². The smallest absolute Gasteiger partial charge is 0.426 e. The number of hydrogen-bond acceptors (Lipinski definition) is 4. The van der Waals surface area contributed by atoms with E-state index in [9.17, 15) is 28.3 Å². The summed E-state index contributed by atoms with van der Waals surface area (Å²) in [6, 6.07) is 17.2. The normalized spacial score (nSPS) is 24.9. The van der Waals surface area contributed by atoms with E-state index in [4.69, 9.17) is 16.3 Å². The Morgan fingerprint density at radius 1 is 1.16 bits per heavy atom. The van der Waals surface area contributed by atoms with Crippen LogP contribution in [0.25, 0.3) is 0 Å². The molecular formula is C23H18ClF3NO3-. The molecule has 0 radical (unpaired) electrons. The monoisotopic (exact) mass is 448 g/mol. The highest BCUT2D eigenvalue weighted by molar-refractivity contribution is 6.30. The number of hydrogen-bond donors (Lipinski definition) is 0. The minimum Gasteiger partial charge on any atom is -0.549 e. The number of allylic oxidation sites excluding steroid dienone is 2. The van der Waals surface area contributed by atoms with Gasteiger partial charge in [0.05, 0.1) is 17.5 Å². The lowest BCUT2D eigenvalue weighted by Crippen LogP contribution is -2.39. The van der Waals surface area contributed by atoms with Gasteiger partial charge in [-0.15, -0.1) is 0 Å². The van der Waals surface area contributed by atoms with Gasteiger partial charge in [0.25, 0.3) is 0 Å². The summed E-state index contributed by atoms with van der Waals surface area (Å²) in [5.41, 5.74) is -4.80. The Hall–Kier alpha value is -2.98. The zero-order valence-electron chi connectivity index (χ0n) is 16.7. The van der Waals surface area contributed by atoms with Crippen LogP contribution < -0.4 is 9.84 Å². The molecule has 0 spiro atoms. The van der Waals surface area contributed by atoms with Crippen molar-refractivity contribution in [2.24, 2.45) is 16.2 Å². The lowest BCUT2D eigenvalue weighted by atomic mass is 9.86. The Bertz CT molecular complexity index is 1080. The van der Waals surface area contributed by atoms with Crippen LogP contribution in [0.4, 0.5) is 13.2 Å². The molecule has 1 aliphatic carbocycles. The van der Waals surface area contributed by atoms with Crippen LogP contribution in [0, 0.1) is 27.6 Å². The van der Waals surface area contributed by atoms with Gasteiger partial charge in [0, 0.05) is 10.8 Å². The molecule has 0 aliphatic heterocycles. The summed E-state index contributed by atoms with van der Waals surface area (Å²) in [5.74, 6) is -0.634. The first-order valence-electron chi connectivity index (χ1n) is 9.31. The van der Waals surface area contributed by atoms with Crippen molar-refractivity contribution in [3.63, 3.8) is 0 Å². The fourth-order valence-corrected chi connectivity index (χ4v) is 4.51. The number of aliphatic carboxylic acids is 1. The largest absolute Gasteiger partial charge is 0.549 e. The van der Waals surface area contributed by atoms with Crippen molar-refractivity contribution < 1.29 is 27.8 Å². The Kier molecular flexibility index (Phi) is 5.57. The lowest BCUT2D eigenvalue weighted by Gasteiger charge is -2.23. The molecule has 8 heteroatoms. The van der Waals surface area contributed by atoms with Gasteiger partial charge >= 0.3 is 6.18 Å². The van der Waals surface area contributed by atoms with Gasteiger partial charge in [-0.1, -0.05) is 55.8 Å². The molecule has 162 valence electrons. The molecule has 0 N–H and O–H groups in total. The van der Waals surface area contributed by atoms with E-state index in [2.05, 4.69) is 0 Å². The van der Waals surface area contributed by atoms with Gasteiger partial charge in [0.2, 0.25) is 0 Å². The highest BCUT2D eigenvalue weighted by Crippen LogP contribution is 2.80. The number of carboxylic acids is 1. The summed E-state index contributed by atoms with van der Waals surface area (Å²) in [6.45, 7) is 2.85. The SMILES string of the molecule is CC1(C)C(C#N)(C=C(Cl)C(F)(F)F)C1(Cc1cccc(Oc2ccccc2)c1)C(=O)[O-]. The fraction of sp³-hybridized carbons (Fsp3) is 0.304. The van der Waals surface area contributed by atoms with Crippen molar-refractivity contribution in [2.75, 3.05) is 0 Å². The van der Waals surface area contributed by atoms with Gasteiger partial charge in [0.15, 0.2) is 0 Å². The van der Waals surface area contributed by atoms with E-state index < -0.39 is 33.4 Å². The van der Waals surface area contributed by atoms with Gasteiger partial charge in [0.1, 0.15) is 16.5 Å². The molecule has 2 unspecified atom stereocenters. The molecule has 0 aromatic heterocycles. The summed E-state index contributed by atoms with van der Waals surface area (Å²) >= 11 is 5.39. The Balaban J connectivity index is 2.01. The summed E-state index contributed by atoms with van der Waals surface area (Å²) in [5, 5.41) is 20.5. The predicted molar refractivity (Wildman–Crippen MR) is 106 cm³/mol. The van der Waals surface area contributed by atoms with Crippen LogP contribution in [-0.4, -0.2) is 12.1 Å². The summed E-state index contributed by atoms with van der Waals surface area (Å²) in [7, 11) is 0. The number of carbonyl (C=O) groups excluding carboxylic acids is 1. The predicted octanol–water partition coefficient (Wildman–Crippen LogP) is 4.99. The second kappa shape index (κ2) is 7.61. The van der Waals surface area contributed by atoms with E-state index in [0.717, 1.165) is 0 Å². The summed E-state index contributed by atoms with van der Waals surface area (Å²) < 4.78 is 44.9. The second-order valence-electron chi connectivity index (χ2n) is 7.97. The van der Waals surface area contributed by atoms with Crippen LogP contribution >= 0.6 is 11.6 Å². The number of nitriles is 1. The number of ether oxygens (including phenoxy) is 1. The van der Waals surface area contributed by atoms with E-state index in [1.165, 1.54) is 13.8 Å². The van der Waals surface area contributed by atoms with Crippen molar-refractivity contribution in [1.82, 2.24) is 0 Å². The third kappa shape index (κ3) is 3.55. The van der Waals surface area contributed by atoms with Gasteiger partial charge in [-0.25, -0.2) is 0 Å². The van der Waals surface area contributed by atoms with E-state index >= 15 is 0 Å². The minimum atomic E-state index is -4.90. The molecule has 0 saturated heterocycles. The van der Waals surface area contributed by atoms with Crippen LogP contribution in [0.15, 0.2) is 65.7 Å². The molecule has 2 aromatic carbocycles. The first kappa shape index (κ1) is 22.7. The number of nitrogens with zero attached hydrogens (tertiary/aromatic N) is 1. The molecule has 3 rings (SSSR count). The molecule has 1 aliphatic rings. The molecule has 0 heterocycles. The highest BCUT2D eigenvalue weighted by atomic mass is 35.5. The molecule has 2 aromatic rings. The maximum absolute atomic E-state index is 13.0. The Morgan fingerprint density at radius 3 is 2.32 bits per heavy atom. The van der Waals surface area contributed by atoms with Gasteiger partial charge in [-0.05, 0) is 42.3 Å². The number of benzene rings is 2. The van der Waals surface area contributed by atoms with Gasteiger partial charge in [-0.3, -0.25) is 0 Å². The average Bonchev–Trinajstić information content (AvgIpc) is 3.11. The van der Waals surface area contributed by atoms with Gasteiger partial charge in [-0.2, -0.15) is 18.4 Å². The number of alkyl halides is 3. The van der Waals surface area contributed by atoms with E-state index in [0.29, 0.717) is 23.1 Å². The maximum atomic E-state index is 13.0. The fourth-order valence-electron chi connectivity index (χ4n) is 4.34. The highest BCUT2D eigenvalue weighted by Gasteiger charge is 2.83. The number of halogens is 4.